The van der Waals surface area contributed by atoms with Gasteiger partial charge in [0, 0.05) is 32.3 Å². The lowest BCUT2D eigenvalue weighted by Gasteiger charge is -2.49. The van der Waals surface area contributed by atoms with Crippen LogP contribution in [0, 0.1) is 0 Å². The Bertz CT molecular complexity index is 463. The largest absolute Gasteiger partial charge is 0.447 e. The molecule has 1 unspecified atom stereocenters. The lowest BCUT2D eigenvalue weighted by molar-refractivity contribution is -0.0206. The first-order valence-electron chi connectivity index (χ1n) is 9.12. The van der Waals surface area contributed by atoms with Crippen LogP contribution >= 0.6 is 0 Å². The van der Waals surface area contributed by atoms with E-state index in [-0.39, 0.29) is 36.9 Å². The number of hydrogen-bond donors (Lipinski definition) is 0. The third kappa shape index (κ3) is 5.23. The maximum absolute atomic E-state index is 12.4. The second-order valence-electron chi connectivity index (χ2n) is 7.97. The van der Waals surface area contributed by atoms with E-state index in [0.29, 0.717) is 6.61 Å². The van der Waals surface area contributed by atoms with E-state index < -0.39 is 5.60 Å². The third-order valence-corrected chi connectivity index (χ3v) is 4.90. The van der Waals surface area contributed by atoms with Gasteiger partial charge in [0.25, 0.3) is 0 Å². The molecule has 2 aliphatic heterocycles. The van der Waals surface area contributed by atoms with Crippen LogP contribution in [0.2, 0.25) is 0 Å². The van der Waals surface area contributed by atoms with Crippen molar-refractivity contribution in [2.75, 3.05) is 27.4 Å². The van der Waals surface area contributed by atoms with Crippen molar-refractivity contribution in [3.8, 4) is 0 Å². The van der Waals surface area contributed by atoms with E-state index in [1.807, 2.05) is 25.7 Å². The van der Waals surface area contributed by atoms with Crippen LogP contribution in [-0.4, -0.2) is 73.1 Å². The molecule has 2 amide bonds. The minimum Gasteiger partial charge on any atom is -0.447 e. The van der Waals surface area contributed by atoms with Gasteiger partial charge in [-0.2, -0.15) is 0 Å². The third-order valence-electron chi connectivity index (χ3n) is 4.90. The maximum atomic E-state index is 12.4. The van der Waals surface area contributed by atoms with Gasteiger partial charge in [-0.1, -0.05) is 0 Å². The molecule has 7 heteroatoms. The molecule has 0 saturated carbocycles. The molecule has 2 saturated heterocycles. The minimum atomic E-state index is -0.507. The van der Waals surface area contributed by atoms with Crippen molar-refractivity contribution in [2.45, 2.75) is 76.6 Å². The Hall–Kier alpha value is -1.50. The molecule has 0 aliphatic carbocycles. The quantitative estimate of drug-likeness (QED) is 0.724. The Balaban J connectivity index is 1.98. The summed E-state index contributed by atoms with van der Waals surface area (Å²) in [5.74, 6) is 0. The van der Waals surface area contributed by atoms with E-state index >= 15 is 0 Å². The summed E-state index contributed by atoms with van der Waals surface area (Å²) in [5.41, 5.74) is -0.507. The van der Waals surface area contributed by atoms with Crippen molar-refractivity contribution in [1.82, 2.24) is 9.80 Å². The van der Waals surface area contributed by atoms with Crippen LogP contribution in [-0.2, 0) is 14.2 Å². The summed E-state index contributed by atoms with van der Waals surface area (Å²) in [6.45, 7) is 6.27. The topological polar surface area (TPSA) is 68.3 Å². The molecule has 0 aromatic rings. The number of amides is 2. The summed E-state index contributed by atoms with van der Waals surface area (Å²) in [4.78, 5) is 28.4. The van der Waals surface area contributed by atoms with Gasteiger partial charge in [-0.3, -0.25) is 0 Å². The lowest BCUT2D eigenvalue weighted by atomic mass is 9.81. The monoisotopic (exact) mass is 356 g/mol. The summed E-state index contributed by atoms with van der Waals surface area (Å²) >= 11 is 0. The van der Waals surface area contributed by atoms with Gasteiger partial charge in [0.05, 0.1) is 6.61 Å². The zero-order valence-electron chi connectivity index (χ0n) is 16.1. The summed E-state index contributed by atoms with van der Waals surface area (Å²) in [6.07, 6.45) is 4.00. The van der Waals surface area contributed by atoms with Crippen LogP contribution < -0.4 is 0 Å². The number of piperidine rings is 2. The number of carbonyl (C=O) groups is 2. The Morgan fingerprint density at radius 1 is 1.12 bits per heavy atom. The highest BCUT2D eigenvalue weighted by Gasteiger charge is 2.43. The fraction of sp³-hybridized carbons (Fsp3) is 0.889. The van der Waals surface area contributed by atoms with Gasteiger partial charge < -0.3 is 24.0 Å². The van der Waals surface area contributed by atoms with E-state index in [1.54, 1.807) is 19.1 Å². The number of carbonyl (C=O) groups excluding carboxylic acids is 2. The summed E-state index contributed by atoms with van der Waals surface area (Å²) in [6, 6.07) is 0.336. The molecule has 2 fully saturated rings. The second-order valence-corrected chi connectivity index (χ2v) is 7.97. The molecule has 144 valence electrons. The van der Waals surface area contributed by atoms with Gasteiger partial charge in [0.15, 0.2) is 0 Å². The molecule has 2 heterocycles. The predicted octanol–water partition coefficient (Wildman–Crippen LogP) is 3.02. The molecule has 2 aliphatic rings. The first kappa shape index (κ1) is 19.8. The number of nitrogens with zero attached hydrogens (tertiary/aromatic N) is 2. The van der Waals surface area contributed by atoms with E-state index in [9.17, 15) is 9.59 Å². The smallest absolute Gasteiger partial charge is 0.410 e. The molecule has 0 aromatic heterocycles. The fourth-order valence-corrected chi connectivity index (χ4v) is 3.74. The number of hydrogen-bond acceptors (Lipinski definition) is 5. The predicted molar refractivity (Wildman–Crippen MR) is 93.5 cm³/mol. The highest BCUT2D eigenvalue weighted by atomic mass is 16.6. The number of rotatable bonds is 4. The Labute approximate surface area is 150 Å². The molecule has 7 nitrogen and oxygen atoms in total. The van der Waals surface area contributed by atoms with Crippen molar-refractivity contribution in [3.63, 3.8) is 0 Å². The second kappa shape index (κ2) is 8.25. The van der Waals surface area contributed by atoms with Gasteiger partial charge in [-0.05, 0) is 52.9 Å². The van der Waals surface area contributed by atoms with E-state index in [1.165, 1.54) is 0 Å². The summed E-state index contributed by atoms with van der Waals surface area (Å²) in [5, 5.41) is 0. The van der Waals surface area contributed by atoms with Crippen molar-refractivity contribution in [2.24, 2.45) is 0 Å². The van der Waals surface area contributed by atoms with Crippen molar-refractivity contribution in [1.29, 1.82) is 0 Å². The van der Waals surface area contributed by atoms with Gasteiger partial charge in [0.2, 0.25) is 0 Å². The Morgan fingerprint density at radius 2 is 1.72 bits per heavy atom. The molecular weight excluding hydrogens is 324 g/mol. The van der Waals surface area contributed by atoms with Crippen LogP contribution in [0.3, 0.4) is 0 Å². The summed E-state index contributed by atoms with van der Waals surface area (Å²) in [7, 11) is 3.38. The van der Waals surface area contributed by atoms with Crippen LogP contribution in [0.15, 0.2) is 0 Å². The van der Waals surface area contributed by atoms with Gasteiger partial charge in [-0.15, -0.1) is 0 Å². The van der Waals surface area contributed by atoms with Gasteiger partial charge in [-0.25, -0.2) is 9.59 Å². The molecule has 25 heavy (non-hydrogen) atoms. The first-order chi connectivity index (χ1) is 11.7. The van der Waals surface area contributed by atoms with Crippen LogP contribution in [0.1, 0.15) is 52.9 Å². The van der Waals surface area contributed by atoms with Gasteiger partial charge >= 0.3 is 12.2 Å². The van der Waals surface area contributed by atoms with E-state index in [0.717, 1.165) is 32.1 Å². The number of methoxy groups -OCH3 is 1. The van der Waals surface area contributed by atoms with Crippen LogP contribution in [0.25, 0.3) is 0 Å². The van der Waals surface area contributed by atoms with Crippen molar-refractivity contribution < 1.29 is 23.8 Å². The lowest BCUT2D eigenvalue weighted by Crippen LogP contribution is -2.59. The zero-order valence-corrected chi connectivity index (χ0v) is 16.1. The minimum absolute atomic E-state index is 0.0909. The number of fused-ring (bicyclic) bond motifs is 2. The fourth-order valence-electron chi connectivity index (χ4n) is 3.74. The first-order valence-corrected chi connectivity index (χ1v) is 9.12. The number of ether oxygens (including phenoxy) is 3. The normalized spacial score (nSPS) is 26.1. The Kier molecular flexibility index (Phi) is 6.54. The van der Waals surface area contributed by atoms with Crippen molar-refractivity contribution >= 4 is 12.2 Å². The van der Waals surface area contributed by atoms with Gasteiger partial charge in [0.1, 0.15) is 12.2 Å². The molecule has 0 aromatic carbocycles. The molecular formula is C18H32N2O5. The van der Waals surface area contributed by atoms with Crippen LogP contribution in [0.5, 0.6) is 0 Å². The maximum Gasteiger partial charge on any atom is 0.410 e. The average Bonchev–Trinajstić information content (AvgIpc) is 2.51. The average molecular weight is 356 g/mol. The molecule has 0 radical (unpaired) electrons. The van der Waals surface area contributed by atoms with Crippen LogP contribution in [0.4, 0.5) is 9.59 Å². The summed E-state index contributed by atoms with van der Waals surface area (Å²) < 4.78 is 15.7. The molecule has 0 spiro atoms. The molecule has 2 bridgehead atoms. The molecule has 3 atom stereocenters. The highest BCUT2D eigenvalue weighted by molar-refractivity contribution is 5.70. The van der Waals surface area contributed by atoms with E-state index in [4.69, 9.17) is 14.2 Å². The zero-order chi connectivity index (χ0) is 18.6. The van der Waals surface area contributed by atoms with E-state index in [2.05, 4.69) is 0 Å². The highest BCUT2D eigenvalue weighted by Crippen LogP contribution is 2.36. The molecule has 0 N–H and O–H groups in total. The molecule has 2 rings (SSSR count). The Morgan fingerprint density at radius 3 is 2.24 bits per heavy atom. The standard InChI is InChI=1S/C18H32N2O5/c1-18(2,3)25-16(21)19(4)15-11-13-7-6-8-14(12-15)20(13)17(22)24-10-9-23-5/h13-15H,6-12H2,1-5H3/t13-,14+,15?. The van der Waals surface area contributed by atoms with Crippen molar-refractivity contribution in [3.05, 3.63) is 0 Å². The SMILES string of the molecule is COCCOC(=O)N1[C@@H]2CCC[C@H]1CC(N(C)C(=O)OC(C)(C)C)C2.